The van der Waals surface area contributed by atoms with Crippen LogP contribution in [0, 0.1) is 29.0 Å². The zero-order valence-corrected chi connectivity index (χ0v) is 16.9. The molecule has 29 heavy (non-hydrogen) atoms. The van der Waals surface area contributed by atoms with Crippen LogP contribution in [-0.4, -0.2) is 20.5 Å². The summed E-state index contributed by atoms with van der Waals surface area (Å²) in [6, 6.07) is 6.32. The van der Waals surface area contributed by atoms with E-state index in [2.05, 4.69) is 15.4 Å². The number of benzene rings is 1. The lowest BCUT2D eigenvalue weighted by Gasteiger charge is -2.56. The van der Waals surface area contributed by atoms with Crippen molar-refractivity contribution in [3.8, 4) is 11.3 Å². The summed E-state index contributed by atoms with van der Waals surface area (Å²) in [6.45, 7) is 0. The summed E-state index contributed by atoms with van der Waals surface area (Å²) < 4.78 is 14.9. The fraction of sp³-hybridized carbons (Fsp3) is 0.500. The number of nitrogens with zero attached hydrogens (tertiary/aromatic N) is 3. The first kappa shape index (κ1) is 17.6. The van der Waals surface area contributed by atoms with Crippen LogP contribution < -0.4 is 5.32 Å². The molecular weight excluding hydrogens is 387 g/mol. The summed E-state index contributed by atoms with van der Waals surface area (Å²) in [7, 11) is 0. The normalized spacial score (nSPS) is 30.2. The quantitative estimate of drug-likeness (QED) is 0.648. The molecule has 2 heterocycles. The van der Waals surface area contributed by atoms with Crippen molar-refractivity contribution >= 4 is 28.2 Å². The van der Waals surface area contributed by atoms with Crippen LogP contribution in [-0.2, 0) is 4.79 Å². The maximum Gasteiger partial charge on any atom is 0.250 e. The van der Waals surface area contributed by atoms with Crippen LogP contribution in [0.2, 0.25) is 0 Å². The van der Waals surface area contributed by atoms with Crippen LogP contribution in [0.5, 0.6) is 0 Å². The second kappa shape index (κ2) is 6.36. The lowest BCUT2D eigenvalue weighted by atomic mass is 9.49. The first-order valence-corrected chi connectivity index (χ1v) is 11.3. The van der Waals surface area contributed by atoms with Gasteiger partial charge < -0.3 is 0 Å². The molecule has 150 valence electrons. The summed E-state index contributed by atoms with van der Waals surface area (Å²) in [4.78, 5) is 18.0. The van der Waals surface area contributed by atoms with Gasteiger partial charge in [0.1, 0.15) is 5.82 Å². The molecule has 4 aliphatic rings. The molecule has 0 atom stereocenters. The third-order valence-electron chi connectivity index (χ3n) is 7.17. The maximum atomic E-state index is 13.2. The van der Waals surface area contributed by atoms with Crippen LogP contribution in [0.1, 0.15) is 44.9 Å². The Morgan fingerprint density at radius 2 is 1.79 bits per heavy atom. The Balaban J connectivity index is 1.20. The molecule has 5 nitrogen and oxygen atoms in total. The number of nitrogens with one attached hydrogen (secondary N) is 1. The van der Waals surface area contributed by atoms with Crippen LogP contribution in [0.25, 0.3) is 16.2 Å². The molecule has 1 amide bonds. The lowest BCUT2D eigenvalue weighted by Crippen LogP contribution is -2.47. The number of carbonyl (C=O) groups is 1. The zero-order valence-electron chi connectivity index (χ0n) is 16.1. The molecule has 0 unspecified atom stereocenters. The highest BCUT2D eigenvalue weighted by Crippen LogP contribution is 2.61. The van der Waals surface area contributed by atoms with Gasteiger partial charge in [0.15, 0.2) is 0 Å². The van der Waals surface area contributed by atoms with Crippen molar-refractivity contribution < 1.29 is 9.18 Å². The third-order valence-corrected chi connectivity index (χ3v) is 7.99. The van der Waals surface area contributed by atoms with Gasteiger partial charge in [0, 0.05) is 17.4 Å². The minimum absolute atomic E-state index is 0.0357. The number of amides is 1. The number of halogens is 1. The van der Waals surface area contributed by atoms with Gasteiger partial charge in [-0.15, -0.1) is 16.4 Å². The Morgan fingerprint density at radius 1 is 1.14 bits per heavy atom. The summed E-state index contributed by atoms with van der Waals surface area (Å²) >= 11 is 1.46. The van der Waals surface area contributed by atoms with Crippen molar-refractivity contribution in [2.75, 3.05) is 5.32 Å². The molecule has 4 fully saturated rings. The second-order valence-electron chi connectivity index (χ2n) is 9.40. The van der Waals surface area contributed by atoms with E-state index in [9.17, 15) is 9.18 Å². The van der Waals surface area contributed by atoms with Crippen molar-refractivity contribution in [2.24, 2.45) is 23.2 Å². The van der Waals surface area contributed by atoms with Crippen molar-refractivity contribution in [3.63, 3.8) is 0 Å². The zero-order chi connectivity index (χ0) is 19.6. The number of hydrogen-bond acceptors (Lipinski definition) is 4. The Bertz CT molecular complexity index is 1050. The van der Waals surface area contributed by atoms with Gasteiger partial charge in [-0.2, -0.15) is 4.98 Å². The molecule has 7 rings (SSSR count). The minimum atomic E-state index is -0.267. The van der Waals surface area contributed by atoms with Crippen LogP contribution in [0.15, 0.2) is 29.6 Å². The van der Waals surface area contributed by atoms with E-state index in [1.807, 2.05) is 5.38 Å². The summed E-state index contributed by atoms with van der Waals surface area (Å²) in [6.07, 6.45) is 8.38. The SMILES string of the molecule is O=C(CC12CC3CC(CC(C3)C1)C2)Nc1nc2scc(-c3ccc(F)cc3)n2n1. The standard InChI is InChI=1S/C22H23FN4OS/c23-17-3-1-16(2-4-17)18-12-29-21-25-20(26-27(18)21)24-19(28)11-22-8-13-5-14(9-22)7-15(6-13)10-22/h1-4,12-15H,5-11H2,(H,24,26,28). The second-order valence-corrected chi connectivity index (χ2v) is 10.2. The smallest absolute Gasteiger partial charge is 0.250 e. The van der Waals surface area contributed by atoms with Crippen LogP contribution in [0.4, 0.5) is 10.3 Å². The summed E-state index contributed by atoms with van der Waals surface area (Å²) in [5.74, 6) is 2.63. The summed E-state index contributed by atoms with van der Waals surface area (Å²) in [5, 5.41) is 9.39. The van der Waals surface area contributed by atoms with Gasteiger partial charge in [-0.3, -0.25) is 10.1 Å². The van der Waals surface area contributed by atoms with Crippen molar-refractivity contribution in [1.29, 1.82) is 0 Å². The predicted molar refractivity (Wildman–Crippen MR) is 110 cm³/mol. The number of hydrogen-bond donors (Lipinski definition) is 1. The highest BCUT2D eigenvalue weighted by atomic mass is 32.1. The molecule has 4 saturated carbocycles. The maximum absolute atomic E-state index is 13.2. The van der Waals surface area contributed by atoms with E-state index in [-0.39, 0.29) is 17.1 Å². The third kappa shape index (κ3) is 3.06. The molecule has 0 radical (unpaired) electrons. The highest BCUT2D eigenvalue weighted by Gasteiger charge is 2.51. The van der Waals surface area contributed by atoms with E-state index in [1.54, 1.807) is 16.6 Å². The minimum Gasteiger partial charge on any atom is -0.293 e. The van der Waals surface area contributed by atoms with Crippen molar-refractivity contribution in [3.05, 3.63) is 35.5 Å². The number of aromatic nitrogens is 3. The molecule has 3 aromatic rings. The topological polar surface area (TPSA) is 59.3 Å². The Kier molecular flexibility index (Phi) is 3.85. The van der Waals surface area contributed by atoms with E-state index in [4.69, 9.17) is 0 Å². The molecule has 0 spiro atoms. The average Bonchev–Trinajstić information content (AvgIpc) is 3.21. The molecule has 1 aromatic carbocycles. The fourth-order valence-electron chi connectivity index (χ4n) is 6.57. The largest absolute Gasteiger partial charge is 0.293 e. The van der Waals surface area contributed by atoms with E-state index in [0.29, 0.717) is 12.4 Å². The number of thiazole rings is 1. The highest BCUT2D eigenvalue weighted by molar-refractivity contribution is 7.15. The Hall–Kier alpha value is -2.28. The first-order valence-electron chi connectivity index (χ1n) is 10.5. The Morgan fingerprint density at radius 3 is 2.45 bits per heavy atom. The molecule has 2 aromatic heterocycles. The number of fused-ring (bicyclic) bond motifs is 1. The van der Waals surface area contributed by atoms with E-state index < -0.39 is 0 Å². The number of carbonyl (C=O) groups excluding carboxylic acids is 1. The van der Waals surface area contributed by atoms with E-state index in [0.717, 1.165) is 34.0 Å². The number of rotatable bonds is 4. The molecule has 0 aliphatic heterocycles. The molecule has 4 bridgehead atoms. The number of anilines is 1. The van der Waals surface area contributed by atoms with Gasteiger partial charge >= 0.3 is 0 Å². The molecular formula is C22H23FN4OS. The van der Waals surface area contributed by atoms with Crippen LogP contribution >= 0.6 is 11.3 Å². The van der Waals surface area contributed by atoms with Gasteiger partial charge in [-0.25, -0.2) is 8.91 Å². The van der Waals surface area contributed by atoms with Crippen molar-refractivity contribution in [1.82, 2.24) is 14.6 Å². The van der Waals surface area contributed by atoms with E-state index in [1.165, 1.54) is 62.0 Å². The lowest BCUT2D eigenvalue weighted by molar-refractivity contribution is -0.124. The van der Waals surface area contributed by atoms with Gasteiger partial charge in [-0.05, 0) is 86.0 Å². The molecule has 4 aliphatic carbocycles. The Labute approximate surface area is 172 Å². The molecule has 1 N–H and O–H groups in total. The predicted octanol–water partition coefficient (Wildman–Crippen LogP) is 5.14. The summed E-state index contributed by atoms with van der Waals surface area (Å²) in [5.41, 5.74) is 1.92. The molecule has 7 heteroatoms. The van der Waals surface area contributed by atoms with Gasteiger partial charge in [0.05, 0.1) is 5.69 Å². The average molecular weight is 411 g/mol. The fourth-order valence-corrected chi connectivity index (χ4v) is 7.40. The van der Waals surface area contributed by atoms with Gasteiger partial charge in [-0.1, -0.05) is 0 Å². The van der Waals surface area contributed by atoms with Gasteiger partial charge in [0.2, 0.25) is 16.8 Å². The van der Waals surface area contributed by atoms with Crippen LogP contribution in [0.3, 0.4) is 0 Å². The van der Waals surface area contributed by atoms with Crippen molar-refractivity contribution in [2.45, 2.75) is 44.9 Å². The van der Waals surface area contributed by atoms with Gasteiger partial charge in [0.25, 0.3) is 0 Å². The first-order chi connectivity index (χ1) is 14.1. The monoisotopic (exact) mass is 410 g/mol. The molecule has 0 saturated heterocycles. The van der Waals surface area contributed by atoms with E-state index >= 15 is 0 Å².